The Morgan fingerprint density at radius 3 is 2.65 bits per heavy atom. The van der Waals surface area contributed by atoms with Gasteiger partial charge in [-0.2, -0.15) is 0 Å². The molecule has 1 aromatic carbocycles. The number of primary sulfonamides is 1. The monoisotopic (exact) mass is 372 g/mol. The van der Waals surface area contributed by atoms with Crippen LogP contribution in [0.5, 0.6) is 0 Å². The second-order valence-corrected chi connectivity index (χ2v) is 7.29. The smallest absolute Gasteiger partial charge is 0.277 e. The number of pyridine rings is 1. The van der Waals surface area contributed by atoms with E-state index in [0.29, 0.717) is 22.6 Å². The Kier molecular flexibility index (Phi) is 4.58. The van der Waals surface area contributed by atoms with Gasteiger partial charge in [0, 0.05) is 29.7 Å². The fourth-order valence-electron chi connectivity index (χ4n) is 2.33. The van der Waals surface area contributed by atoms with E-state index in [-0.39, 0.29) is 10.6 Å². The fourth-order valence-corrected chi connectivity index (χ4v) is 2.96. The molecule has 0 aliphatic carbocycles. The average molecular weight is 372 g/mol. The van der Waals surface area contributed by atoms with Gasteiger partial charge in [0.1, 0.15) is 0 Å². The Morgan fingerprint density at radius 2 is 2.00 bits per heavy atom. The van der Waals surface area contributed by atoms with E-state index >= 15 is 0 Å². The summed E-state index contributed by atoms with van der Waals surface area (Å²) in [4.78, 5) is 16.4. The van der Waals surface area contributed by atoms with E-state index in [1.165, 1.54) is 18.2 Å². The summed E-state index contributed by atoms with van der Waals surface area (Å²) in [5.74, 6) is -0.132. The van der Waals surface area contributed by atoms with Gasteiger partial charge in [0.2, 0.25) is 10.0 Å². The van der Waals surface area contributed by atoms with E-state index in [4.69, 9.17) is 9.66 Å². The SMILES string of the molecule is Cc1cc(S(N)(=O)=O)cc(NC(=O)c2cc(-c3cccnc3)on2)c1C. The summed E-state index contributed by atoms with van der Waals surface area (Å²) in [5.41, 5.74) is 2.49. The van der Waals surface area contributed by atoms with Gasteiger partial charge in [-0.05, 0) is 49.2 Å². The molecule has 0 atom stereocenters. The van der Waals surface area contributed by atoms with Crippen LogP contribution >= 0.6 is 0 Å². The number of aromatic nitrogens is 2. The van der Waals surface area contributed by atoms with Crippen LogP contribution in [0, 0.1) is 13.8 Å². The van der Waals surface area contributed by atoms with Crippen LogP contribution in [0.1, 0.15) is 21.6 Å². The third-order valence-electron chi connectivity index (χ3n) is 3.91. The second-order valence-electron chi connectivity index (χ2n) is 5.73. The van der Waals surface area contributed by atoms with Crippen molar-refractivity contribution < 1.29 is 17.7 Å². The van der Waals surface area contributed by atoms with Crippen LogP contribution in [0.2, 0.25) is 0 Å². The summed E-state index contributed by atoms with van der Waals surface area (Å²) in [5, 5.41) is 11.6. The molecule has 0 aliphatic heterocycles. The Bertz CT molecular complexity index is 1080. The molecule has 0 spiro atoms. The van der Waals surface area contributed by atoms with Crippen LogP contribution in [0.3, 0.4) is 0 Å². The first-order chi connectivity index (χ1) is 12.3. The van der Waals surface area contributed by atoms with Gasteiger partial charge in [0.25, 0.3) is 5.91 Å². The van der Waals surface area contributed by atoms with Crippen LogP contribution in [0.25, 0.3) is 11.3 Å². The number of anilines is 1. The van der Waals surface area contributed by atoms with Crippen LogP contribution in [-0.4, -0.2) is 24.5 Å². The molecule has 1 amide bonds. The quantitative estimate of drug-likeness (QED) is 0.723. The highest BCUT2D eigenvalue weighted by Crippen LogP contribution is 2.25. The highest BCUT2D eigenvalue weighted by Gasteiger charge is 2.18. The molecule has 2 aromatic heterocycles. The van der Waals surface area contributed by atoms with Crippen LogP contribution in [0.4, 0.5) is 5.69 Å². The fraction of sp³-hybridized carbons (Fsp3) is 0.118. The number of rotatable bonds is 4. The van der Waals surface area contributed by atoms with E-state index in [9.17, 15) is 13.2 Å². The summed E-state index contributed by atoms with van der Waals surface area (Å²) >= 11 is 0. The summed E-state index contributed by atoms with van der Waals surface area (Å²) in [7, 11) is -3.89. The second kappa shape index (κ2) is 6.70. The van der Waals surface area contributed by atoms with Crippen molar-refractivity contribution in [2.24, 2.45) is 5.14 Å². The largest absolute Gasteiger partial charge is 0.355 e. The number of amides is 1. The van der Waals surface area contributed by atoms with E-state index in [2.05, 4.69) is 15.5 Å². The van der Waals surface area contributed by atoms with Gasteiger partial charge in [-0.15, -0.1) is 0 Å². The minimum Gasteiger partial charge on any atom is -0.355 e. The number of carbonyl (C=O) groups is 1. The molecule has 0 bridgehead atoms. The Balaban J connectivity index is 1.89. The third-order valence-corrected chi connectivity index (χ3v) is 4.80. The van der Waals surface area contributed by atoms with Gasteiger partial charge in [-0.25, -0.2) is 13.6 Å². The Hall–Kier alpha value is -3.04. The number of hydrogen-bond donors (Lipinski definition) is 2. The molecule has 26 heavy (non-hydrogen) atoms. The number of carbonyl (C=O) groups excluding carboxylic acids is 1. The minimum absolute atomic E-state index is 0.0573. The molecule has 134 valence electrons. The van der Waals surface area contributed by atoms with Crippen LogP contribution in [0.15, 0.2) is 52.1 Å². The van der Waals surface area contributed by atoms with Crippen molar-refractivity contribution >= 4 is 21.6 Å². The first kappa shape index (κ1) is 17.8. The highest BCUT2D eigenvalue weighted by molar-refractivity contribution is 7.89. The van der Waals surface area contributed by atoms with Crippen molar-refractivity contribution in [1.29, 1.82) is 0 Å². The zero-order valence-corrected chi connectivity index (χ0v) is 14.9. The molecule has 0 saturated heterocycles. The Morgan fingerprint density at radius 1 is 1.23 bits per heavy atom. The molecule has 8 nitrogen and oxygen atoms in total. The number of nitrogens with zero attached hydrogens (tertiary/aromatic N) is 2. The maximum atomic E-state index is 12.5. The van der Waals surface area contributed by atoms with Crippen molar-refractivity contribution in [1.82, 2.24) is 10.1 Å². The maximum absolute atomic E-state index is 12.5. The van der Waals surface area contributed by atoms with Gasteiger partial charge >= 0.3 is 0 Å². The molecule has 3 aromatic rings. The number of hydrogen-bond acceptors (Lipinski definition) is 6. The number of nitrogens with one attached hydrogen (secondary N) is 1. The lowest BCUT2D eigenvalue weighted by atomic mass is 10.1. The summed E-state index contributed by atoms with van der Waals surface area (Å²) < 4.78 is 28.4. The van der Waals surface area contributed by atoms with Crippen molar-refractivity contribution in [2.75, 3.05) is 5.32 Å². The molecule has 0 aliphatic rings. The number of benzene rings is 1. The summed E-state index contributed by atoms with van der Waals surface area (Å²) in [6, 6.07) is 7.77. The van der Waals surface area contributed by atoms with Gasteiger partial charge in [0.15, 0.2) is 11.5 Å². The first-order valence-corrected chi connectivity index (χ1v) is 9.13. The standard InChI is InChI=1S/C17H16N4O4S/c1-10-6-13(26(18,23)24)7-14(11(10)2)20-17(22)15-8-16(25-21-15)12-4-3-5-19-9-12/h3-9H,1-2H3,(H,20,22)(H2,18,23,24). The van der Waals surface area contributed by atoms with Gasteiger partial charge < -0.3 is 9.84 Å². The molecule has 0 saturated carbocycles. The van der Waals surface area contributed by atoms with E-state index in [1.807, 2.05) is 0 Å². The molecular weight excluding hydrogens is 356 g/mol. The first-order valence-electron chi connectivity index (χ1n) is 7.58. The van der Waals surface area contributed by atoms with Crippen LogP contribution < -0.4 is 10.5 Å². The normalized spacial score (nSPS) is 11.3. The predicted octanol–water partition coefficient (Wildman–Crippen LogP) is 2.25. The van der Waals surface area contributed by atoms with E-state index in [1.54, 1.807) is 38.4 Å². The molecule has 0 unspecified atom stereocenters. The molecule has 3 rings (SSSR count). The highest BCUT2D eigenvalue weighted by atomic mass is 32.2. The van der Waals surface area contributed by atoms with E-state index < -0.39 is 15.9 Å². The lowest BCUT2D eigenvalue weighted by molar-refractivity contribution is 0.101. The molecule has 0 fully saturated rings. The zero-order valence-electron chi connectivity index (χ0n) is 14.1. The number of nitrogens with two attached hydrogens (primary N) is 1. The minimum atomic E-state index is -3.89. The van der Waals surface area contributed by atoms with Crippen molar-refractivity contribution in [2.45, 2.75) is 18.7 Å². The molecule has 2 heterocycles. The van der Waals surface area contributed by atoms with Crippen molar-refractivity contribution in [3.63, 3.8) is 0 Å². The van der Waals surface area contributed by atoms with Gasteiger partial charge in [-0.3, -0.25) is 9.78 Å². The lowest BCUT2D eigenvalue weighted by Crippen LogP contribution is -2.16. The molecule has 9 heteroatoms. The number of aryl methyl sites for hydroxylation is 1. The lowest BCUT2D eigenvalue weighted by Gasteiger charge is -2.11. The average Bonchev–Trinajstić information content (AvgIpc) is 3.09. The van der Waals surface area contributed by atoms with Gasteiger partial charge in [0.05, 0.1) is 4.90 Å². The summed E-state index contributed by atoms with van der Waals surface area (Å²) in [6.45, 7) is 3.50. The predicted molar refractivity (Wildman–Crippen MR) is 95.0 cm³/mol. The summed E-state index contributed by atoms with van der Waals surface area (Å²) in [6.07, 6.45) is 3.21. The van der Waals surface area contributed by atoms with E-state index in [0.717, 1.165) is 5.56 Å². The van der Waals surface area contributed by atoms with Crippen molar-refractivity contribution in [3.05, 3.63) is 59.5 Å². The third kappa shape index (κ3) is 3.63. The number of sulfonamides is 1. The molecular formula is C17H16N4O4S. The van der Waals surface area contributed by atoms with Crippen LogP contribution in [-0.2, 0) is 10.0 Å². The Labute approximate surface area is 150 Å². The zero-order chi connectivity index (χ0) is 18.9. The van der Waals surface area contributed by atoms with Crippen molar-refractivity contribution in [3.8, 4) is 11.3 Å². The topological polar surface area (TPSA) is 128 Å². The van der Waals surface area contributed by atoms with Gasteiger partial charge in [-0.1, -0.05) is 5.16 Å². The maximum Gasteiger partial charge on any atom is 0.277 e. The molecule has 3 N–H and O–H groups in total. The molecule has 0 radical (unpaired) electrons.